The molecule has 20 heavy (non-hydrogen) atoms. The number of rotatable bonds is 4. The molecule has 0 unspecified atom stereocenters. The zero-order valence-corrected chi connectivity index (χ0v) is 11.6. The van der Waals surface area contributed by atoms with Gasteiger partial charge in [0.2, 0.25) is 0 Å². The predicted octanol–water partition coefficient (Wildman–Crippen LogP) is 1.38. The SMILES string of the molecule is O=C1C=C(Nc2c(F)cc(F)cc2Br)C(=O)N1CCO. The topological polar surface area (TPSA) is 69.6 Å². The highest BCUT2D eigenvalue weighted by molar-refractivity contribution is 9.10. The molecule has 2 amide bonds. The predicted molar refractivity (Wildman–Crippen MR) is 69.6 cm³/mol. The van der Waals surface area contributed by atoms with Gasteiger partial charge in [-0.05, 0) is 22.0 Å². The van der Waals surface area contributed by atoms with E-state index in [4.69, 9.17) is 5.11 Å². The van der Waals surface area contributed by atoms with Gasteiger partial charge in [-0.3, -0.25) is 14.5 Å². The monoisotopic (exact) mass is 346 g/mol. The third-order valence-electron chi connectivity index (χ3n) is 2.60. The van der Waals surface area contributed by atoms with Crippen molar-refractivity contribution < 1.29 is 23.5 Å². The van der Waals surface area contributed by atoms with Gasteiger partial charge in [0.1, 0.15) is 11.5 Å². The summed E-state index contributed by atoms with van der Waals surface area (Å²) in [5.74, 6) is -2.96. The number of nitrogens with one attached hydrogen (secondary N) is 1. The Hall–Kier alpha value is -1.80. The molecule has 8 heteroatoms. The molecule has 5 nitrogen and oxygen atoms in total. The summed E-state index contributed by atoms with van der Waals surface area (Å²) in [7, 11) is 0. The van der Waals surface area contributed by atoms with Gasteiger partial charge >= 0.3 is 0 Å². The van der Waals surface area contributed by atoms with Crippen molar-refractivity contribution in [2.24, 2.45) is 0 Å². The number of nitrogens with zero attached hydrogens (tertiary/aromatic N) is 1. The maximum atomic E-state index is 13.6. The van der Waals surface area contributed by atoms with Crippen molar-refractivity contribution in [1.82, 2.24) is 4.90 Å². The smallest absolute Gasteiger partial charge is 0.277 e. The summed E-state index contributed by atoms with van der Waals surface area (Å²) in [6, 6.07) is 1.68. The molecule has 2 N–H and O–H groups in total. The first kappa shape index (κ1) is 14.6. The van der Waals surface area contributed by atoms with Gasteiger partial charge in [0.25, 0.3) is 11.8 Å². The first-order chi connectivity index (χ1) is 9.43. The molecule has 0 fully saturated rings. The quantitative estimate of drug-likeness (QED) is 0.808. The Morgan fingerprint density at radius 2 is 2.00 bits per heavy atom. The average Bonchev–Trinajstić information content (AvgIpc) is 2.62. The van der Waals surface area contributed by atoms with E-state index in [9.17, 15) is 18.4 Å². The van der Waals surface area contributed by atoms with E-state index in [0.29, 0.717) is 6.07 Å². The fourth-order valence-corrected chi connectivity index (χ4v) is 2.21. The lowest BCUT2D eigenvalue weighted by molar-refractivity contribution is -0.137. The molecule has 0 aliphatic carbocycles. The van der Waals surface area contributed by atoms with Gasteiger partial charge in [-0.1, -0.05) is 0 Å². The number of carbonyl (C=O) groups is 2. The van der Waals surface area contributed by atoms with E-state index >= 15 is 0 Å². The molecule has 0 radical (unpaired) electrons. The second kappa shape index (κ2) is 5.68. The molecule has 0 bridgehead atoms. The van der Waals surface area contributed by atoms with Crippen molar-refractivity contribution in [3.05, 3.63) is 40.0 Å². The Balaban J connectivity index is 2.26. The van der Waals surface area contributed by atoms with Crippen LogP contribution in [0.2, 0.25) is 0 Å². The molecule has 0 saturated carbocycles. The lowest BCUT2D eigenvalue weighted by Gasteiger charge is -2.14. The van der Waals surface area contributed by atoms with Crippen molar-refractivity contribution in [3.8, 4) is 0 Å². The maximum absolute atomic E-state index is 13.6. The van der Waals surface area contributed by atoms with Crippen molar-refractivity contribution in [3.63, 3.8) is 0 Å². The first-order valence-corrected chi connectivity index (χ1v) is 6.33. The summed E-state index contributed by atoms with van der Waals surface area (Å²) >= 11 is 2.97. The Morgan fingerprint density at radius 1 is 1.30 bits per heavy atom. The van der Waals surface area contributed by atoms with E-state index in [0.717, 1.165) is 17.0 Å². The summed E-state index contributed by atoms with van der Waals surface area (Å²) in [6.45, 7) is -0.514. The number of hydrogen-bond donors (Lipinski definition) is 2. The Bertz CT molecular complexity index is 596. The molecule has 1 aliphatic rings. The zero-order chi connectivity index (χ0) is 14.9. The Morgan fingerprint density at radius 3 is 2.60 bits per heavy atom. The fourth-order valence-electron chi connectivity index (χ4n) is 1.71. The van der Waals surface area contributed by atoms with Gasteiger partial charge in [0.05, 0.1) is 18.8 Å². The first-order valence-electron chi connectivity index (χ1n) is 5.54. The highest BCUT2D eigenvalue weighted by Crippen LogP contribution is 2.29. The molecular formula is C12H9BrF2N2O3. The van der Waals surface area contributed by atoms with Crippen LogP contribution in [0.3, 0.4) is 0 Å². The molecule has 0 atom stereocenters. The number of anilines is 1. The zero-order valence-electron chi connectivity index (χ0n) is 9.99. The third-order valence-corrected chi connectivity index (χ3v) is 3.22. The summed E-state index contributed by atoms with van der Waals surface area (Å²) < 4.78 is 26.7. The normalized spacial score (nSPS) is 14.8. The van der Waals surface area contributed by atoms with Crippen LogP contribution in [0.25, 0.3) is 0 Å². The molecular weight excluding hydrogens is 338 g/mol. The largest absolute Gasteiger partial charge is 0.395 e. The maximum Gasteiger partial charge on any atom is 0.277 e. The van der Waals surface area contributed by atoms with Gasteiger partial charge in [-0.2, -0.15) is 0 Å². The van der Waals surface area contributed by atoms with Crippen LogP contribution in [-0.4, -0.2) is 35.0 Å². The van der Waals surface area contributed by atoms with Crippen molar-refractivity contribution in [2.75, 3.05) is 18.5 Å². The number of halogens is 3. The summed E-state index contributed by atoms with van der Waals surface area (Å²) in [5, 5.41) is 11.2. The molecule has 2 rings (SSSR count). The number of β-amino-alcohol motifs (C(OH)–C–C–N with tert-alkyl or cyclic N) is 1. The number of carbonyl (C=O) groups excluding carboxylic acids is 2. The molecule has 0 aromatic heterocycles. The molecule has 106 valence electrons. The van der Waals surface area contributed by atoms with E-state index < -0.39 is 23.4 Å². The van der Waals surface area contributed by atoms with Crippen LogP contribution in [0.5, 0.6) is 0 Å². The number of imide groups is 1. The molecule has 1 aromatic carbocycles. The molecule has 1 heterocycles. The van der Waals surface area contributed by atoms with Crippen LogP contribution in [0, 0.1) is 11.6 Å². The van der Waals surface area contributed by atoms with E-state index in [1.54, 1.807) is 0 Å². The van der Waals surface area contributed by atoms with Gasteiger partial charge in [-0.15, -0.1) is 0 Å². The highest BCUT2D eigenvalue weighted by atomic mass is 79.9. The van der Waals surface area contributed by atoms with Crippen LogP contribution < -0.4 is 5.32 Å². The minimum atomic E-state index is -0.904. The molecule has 1 aromatic rings. The molecule has 1 aliphatic heterocycles. The van der Waals surface area contributed by atoms with Crippen LogP contribution in [0.1, 0.15) is 0 Å². The van der Waals surface area contributed by atoms with Crippen LogP contribution >= 0.6 is 15.9 Å². The number of hydrogen-bond acceptors (Lipinski definition) is 4. The third kappa shape index (κ3) is 2.70. The van der Waals surface area contributed by atoms with Gasteiger partial charge in [0, 0.05) is 16.6 Å². The highest BCUT2D eigenvalue weighted by Gasteiger charge is 2.31. The Labute approximate surface area is 121 Å². The van der Waals surface area contributed by atoms with E-state index in [1.807, 2.05) is 0 Å². The summed E-state index contributed by atoms with van der Waals surface area (Å²) in [5.41, 5.74) is -0.292. The van der Waals surface area contributed by atoms with Gasteiger partial charge in [0.15, 0.2) is 5.82 Å². The van der Waals surface area contributed by atoms with E-state index in [-0.39, 0.29) is 29.0 Å². The number of amides is 2. The fraction of sp³-hybridized carbons (Fsp3) is 0.167. The second-order valence-corrected chi connectivity index (χ2v) is 4.80. The lowest BCUT2D eigenvalue weighted by atomic mass is 10.2. The summed E-state index contributed by atoms with van der Waals surface area (Å²) in [6.07, 6.45) is 0.993. The van der Waals surface area contributed by atoms with E-state index in [2.05, 4.69) is 21.2 Å². The van der Waals surface area contributed by atoms with Crippen molar-refractivity contribution in [1.29, 1.82) is 0 Å². The number of benzene rings is 1. The average molecular weight is 347 g/mol. The van der Waals surface area contributed by atoms with Crippen LogP contribution in [0.15, 0.2) is 28.4 Å². The standard InChI is InChI=1S/C12H9BrF2N2O3/c13-7-3-6(14)4-8(15)11(7)16-9-5-10(19)17(1-2-18)12(9)20/h3-5,16,18H,1-2H2. The Kier molecular flexibility index (Phi) is 4.15. The van der Waals surface area contributed by atoms with Crippen LogP contribution in [-0.2, 0) is 9.59 Å². The van der Waals surface area contributed by atoms with Crippen LogP contribution in [0.4, 0.5) is 14.5 Å². The lowest BCUT2D eigenvalue weighted by Crippen LogP contribution is -2.34. The van der Waals surface area contributed by atoms with Crippen molar-refractivity contribution in [2.45, 2.75) is 0 Å². The summed E-state index contributed by atoms with van der Waals surface area (Å²) in [4.78, 5) is 24.2. The van der Waals surface area contributed by atoms with Gasteiger partial charge in [-0.25, -0.2) is 8.78 Å². The minimum Gasteiger partial charge on any atom is -0.395 e. The van der Waals surface area contributed by atoms with Crippen molar-refractivity contribution >= 4 is 33.4 Å². The van der Waals surface area contributed by atoms with E-state index in [1.165, 1.54) is 0 Å². The molecule has 0 spiro atoms. The van der Waals surface area contributed by atoms with Gasteiger partial charge < -0.3 is 10.4 Å². The number of aliphatic hydroxyl groups excluding tert-OH is 1. The number of aliphatic hydroxyl groups is 1. The molecule has 0 saturated heterocycles. The minimum absolute atomic E-state index is 0.0803. The second-order valence-electron chi connectivity index (χ2n) is 3.95.